The van der Waals surface area contributed by atoms with Gasteiger partial charge in [-0.1, -0.05) is 349 Å². The monoisotopic (exact) mass is 1480 g/mol. The van der Waals surface area contributed by atoms with Crippen molar-refractivity contribution in [2.75, 3.05) is 39.6 Å². The van der Waals surface area contributed by atoms with E-state index in [0.717, 1.165) is 121 Å². The first-order chi connectivity index (χ1) is 48.7. The first-order valence-electron chi connectivity index (χ1n) is 41.7. The second-order valence-electron chi connectivity index (χ2n) is 30.3. The fraction of sp³-hybridized carbons (Fsp3) is 0.902. The number of ether oxygens (including phenoxy) is 4. The lowest BCUT2D eigenvalue weighted by atomic mass is 10.0. The third-order valence-electron chi connectivity index (χ3n) is 18.5. The third-order valence-corrected chi connectivity index (χ3v) is 20.4. The van der Waals surface area contributed by atoms with Crippen molar-refractivity contribution in [3.8, 4) is 0 Å². The molecule has 3 unspecified atom stereocenters. The minimum atomic E-state index is -4.97. The molecule has 3 N–H and O–H groups in total. The molecular weight excluding hydrogens is 1320 g/mol. The van der Waals surface area contributed by atoms with Crippen molar-refractivity contribution in [2.45, 2.75) is 420 Å². The molecule has 0 aromatic heterocycles. The molecule has 17 nitrogen and oxygen atoms in total. The number of aliphatic hydroxyl groups excluding tert-OH is 1. The molecule has 0 spiro atoms. The molecule has 0 aliphatic heterocycles. The van der Waals surface area contributed by atoms with Gasteiger partial charge in [0.2, 0.25) is 0 Å². The molecule has 0 bridgehead atoms. The van der Waals surface area contributed by atoms with Gasteiger partial charge in [0.15, 0.2) is 12.2 Å². The van der Waals surface area contributed by atoms with E-state index in [0.29, 0.717) is 31.6 Å². The lowest BCUT2D eigenvalue weighted by Crippen LogP contribution is -2.30. The van der Waals surface area contributed by atoms with Crippen LogP contribution in [0.1, 0.15) is 402 Å². The lowest BCUT2D eigenvalue weighted by Gasteiger charge is -2.21. The Morgan fingerprint density at radius 3 is 0.802 bits per heavy atom. The van der Waals surface area contributed by atoms with E-state index >= 15 is 0 Å². The van der Waals surface area contributed by atoms with Crippen LogP contribution in [0.4, 0.5) is 0 Å². The van der Waals surface area contributed by atoms with Crippen molar-refractivity contribution >= 4 is 39.5 Å². The van der Waals surface area contributed by atoms with Gasteiger partial charge in [0.1, 0.15) is 19.3 Å². The molecule has 0 aromatic rings. The van der Waals surface area contributed by atoms with Crippen LogP contribution in [-0.2, 0) is 65.4 Å². The summed E-state index contributed by atoms with van der Waals surface area (Å²) in [5.41, 5.74) is 0. The van der Waals surface area contributed by atoms with Crippen LogP contribution >= 0.6 is 15.6 Å². The maximum absolute atomic E-state index is 13.1. The largest absolute Gasteiger partial charge is 0.472 e. The van der Waals surface area contributed by atoms with Gasteiger partial charge in [-0.05, 0) is 69.1 Å². The zero-order valence-corrected chi connectivity index (χ0v) is 67.6. The van der Waals surface area contributed by atoms with E-state index in [2.05, 4.69) is 72.8 Å². The summed E-state index contributed by atoms with van der Waals surface area (Å²) < 4.78 is 68.7. The Hall–Kier alpha value is -2.46. The number of phosphoric acid groups is 2. The Labute approximate surface area is 618 Å². The summed E-state index contributed by atoms with van der Waals surface area (Å²) in [5, 5.41) is 10.6. The highest BCUT2D eigenvalue weighted by Gasteiger charge is 2.30. The van der Waals surface area contributed by atoms with E-state index in [1.807, 2.05) is 0 Å². The molecular formula is C82H156O17P2. The van der Waals surface area contributed by atoms with Crippen molar-refractivity contribution in [3.05, 3.63) is 24.3 Å². The van der Waals surface area contributed by atoms with Gasteiger partial charge in [0.25, 0.3) is 0 Å². The molecule has 5 atom stereocenters. The molecule has 0 radical (unpaired) electrons. The number of hydrogen-bond donors (Lipinski definition) is 3. The van der Waals surface area contributed by atoms with E-state index in [4.69, 9.17) is 37.0 Å². The number of allylic oxidation sites excluding steroid dienone is 4. The Balaban J connectivity index is 5.27. The van der Waals surface area contributed by atoms with Crippen LogP contribution in [0.2, 0.25) is 0 Å². The predicted octanol–water partition coefficient (Wildman–Crippen LogP) is 24.1. The summed E-state index contributed by atoms with van der Waals surface area (Å²) in [6.07, 6.45) is 63.3. The second-order valence-corrected chi connectivity index (χ2v) is 33.2. The van der Waals surface area contributed by atoms with Crippen LogP contribution in [0.5, 0.6) is 0 Å². The molecule has 0 amide bonds. The van der Waals surface area contributed by atoms with Gasteiger partial charge in [-0.2, -0.15) is 0 Å². The van der Waals surface area contributed by atoms with E-state index < -0.39 is 97.5 Å². The van der Waals surface area contributed by atoms with Gasteiger partial charge in [-0.3, -0.25) is 37.3 Å². The molecule has 19 heteroatoms. The first-order valence-corrected chi connectivity index (χ1v) is 44.7. The quantitative estimate of drug-likeness (QED) is 0.0169. The van der Waals surface area contributed by atoms with Crippen LogP contribution in [0.3, 0.4) is 0 Å². The van der Waals surface area contributed by atoms with E-state index in [1.54, 1.807) is 0 Å². The molecule has 0 aliphatic carbocycles. The van der Waals surface area contributed by atoms with Gasteiger partial charge < -0.3 is 33.8 Å². The van der Waals surface area contributed by atoms with Crippen LogP contribution < -0.4 is 0 Å². The van der Waals surface area contributed by atoms with Crippen molar-refractivity contribution < 1.29 is 80.2 Å². The van der Waals surface area contributed by atoms with Crippen molar-refractivity contribution in [1.82, 2.24) is 0 Å². The number of rotatable bonds is 78. The minimum Gasteiger partial charge on any atom is -0.462 e. The van der Waals surface area contributed by atoms with Crippen molar-refractivity contribution in [1.29, 1.82) is 0 Å². The van der Waals surface area contributed by atoms with Crippen LogP contribution in [0, 0.1) is 17.8 Å². The summed E-state index contributed by atoms with van der Waals surface area (Å²) >= 11 is 0. The standard InChI is InChI=1S/C82H156O17P2/c1-8-9-10-11-12-13-14-15-18-26-31-36-43-51-58-65-82(87)99-78(70-93-80(85)64-57-50-45-38-41-48-55-62-75(6)7)72-97-101(90,91)95-68-76(83)67-94-100(88,89)96-71-77(69-92-79(84)63-56-49-42-35-30-25-22-21-24-29-34-40-47-54-61-74(4)5)98-81(86)66-59-52-44-37-32-27-20-17-16-19-23-28-33-39-46-53-60-73(2)3/h13-15,18,73-78,83H,8-12,16-17,19-72H2,1-7H3,(H,88,89)(H,90,91)/b14-13-,18-15-/t76?,77-,78-/m1/s1. The van der Waals surface area contributed by atoms with Crippen LogP contribution in [0.25, 0.3) is 0 Å². The third kappa shape index (κ3) is 75.6. The summed E-state index contributed by atoms with van der Waals surface area (Å²) in [6, 6.07) is 0. The Kier molecular flexibility index (Phi) is 70.0. The molecule has 0 heterocycles. The molecule has 0 aromatic carbocycles. The molecule has 0 rings (SSSR count). The normalized spacial score (nSPS) is 14.1. The van der Waals surface area contributed by atoms with Gasteiger partial charge in [0, 0.05) is 25.7 Å². The molecule has 596 valence electrons. The van der Waals surface area contributed by atoms with Crippen molar-refractivity contribution in [2.24, 2.45) is 17.8 Å². The lowest BCUT2D eigenvalue weighted by molar-refractivity contribution is -0.161. The first kappa shape index (κ1) is 98.5. The number of carbonyl (C=O) groups excluding carboxylic acids is 4. The van der Waals surface area contributed by atoms with Gasteiger partial charge >= 0.3 is 39.5 Å². The summed E-state index contributed by atoms with van der Waals surface area (Å²) in [7, 11) is -9.93. The fourth-order valence-corrected chi connectivity index (χ4v) is 13.7. The number of unbranched alkanes of at least 4 members (excludes halogenated alkanes) is 43. The summed E-state index contributed by atoms with van der Waals surface area (Å²) in [4.78, 5) is 73.0. The van der Waals surface area contributed by atoms with E-state index in [1.165, 1.54) is 193 Å². The maximum Gasteiger partial charge on any atom is 0.472 e. The average Bonchev–Trinajstić information content (AvgIpc) is 0.971. The smallest absolute Gasteiger partial charge is 0.462 e. The number of esters is 4. The SMILES string of the molecule is CCCCCC/C=C\C=C/CCCCCCCC(=O)O[C@H](COC(=O)CCCCCCCCCC(C)C)COP(=O)(O)OCC(O)COP(=O)(O)OC[C@@H](COC(=O)CCCCCCCCCCCCCCCCC(C)C)OC(=O)CCCCCCCCCCCCCCCCCCC(C)C. The highest BCUT2D eigenvalue weighted by atomic mass is 31.2. The number of aliphatic hydroxyl groups is 1. The van der Waals surface area contributed by atoms with Gasteiger partial charge in [-0.25, -0.2) is 9.13 Å². The van der Waals surface area contributed by atoms with Gasteiger partial charge in [-0.15, -0.1) is 0 Å². The minimum absolute atomic E-state index is 0.0842. The number of hydrogen-bond acceptors (Lipinski definition) is 15. The predicted molar refractivity (Wildman–Crippen MR) is 414 cm³/mol. The molecule has 0 saturated heterocycles. The Bertz CT molecular complexity index is 2050. The fourth-order valence-electron chi connectivity index (χ4n) is 12.1. The van der Waals surface area contributed by atoms with Crippen LogP contribution in [-0.4, -0.2) is 96.7 Å². The maximum atomic E-state index is 13.1. The topological polar surface area (TPSA) is 237 Å². The highest BCUT2D eigenvalue weighted by Crippen LogP contribution is 2.45. The molecule has 0 aliphatic rings. The zero-order valence-electron chi connectivity index (χ0n) is 65.9. The molecule has 101 heavy (non-hydrogen) atoms. The van der Waals surface area contributed by atoms with E-state index in [9.17, 15) is 43.2 Å². The highest BCUT2D eigenvalue weighted by molar-refractivity contribution is 7.47. The number of phosphoric ester groups is 2. The summed E-state index contributed by atoms with van der Waals surface area (Å²) in [5.74, 6) is 0.167. The van der Waals surface area contributed by atoms with Crippen LogP contribution in [0.15, 0.2) is 24.3 Å². The second kappa shape index (κ2) is 71.8. The zero-order chi connectivity index (χ0) is 74.4. The van der Waals surface area contributed by atoms with E-state index in [-0.39, 0.29) is 25.7 Å². The molecule has 0 fully saturated rings. The van der Waals surface area contributed by atoms with Gasteiger partial charge in [0.05, 0.1) is 26.4 Å². The summed E-state index contributed by atoms with van der Waals surface area (Å²) in [6.45, 7) is 11.9. The average molecular weight is 1480 g/mol. The van der Waals surface area contributed by atoms with Crippen molar-refractivity contribution in [3.63, 3.8) is 0 Å². The molecule has 0 saturated carbocycles. The Morgan fingerprint density at radius 1 is 0.307 bits per heavy atom. The number of carbonyl (C=O) groups is 4. The Morgan fingerprint density at radius 2 is 0.535 bits per heavy atom.